The Morgan fingerprint density at radius 1 is 1.11 bits per heavy atom. The van der Waals surface area contributed by atoms with Crippen molar-refractivity contribution in [1.29, 1.82) is 0 Å². The minimum atomic E-state index is -3.75. The lowest BCUT2D eigenvalue weighted by atomic mass is 10.2. The number of carbonyl (C=O) groups excluding carboxylic acids is 1. The Kier molecular flexibility index (Phi) is 7.83. The Hall–Kier alpha value is -1.67. The summed E-state index contributed by atoms with van der Waals surface area (Å²) in [6.07, 6.45) is 0.988. The summed E-state index contributed by atoms with van der Waals surface area (Å²) in [6.45, 7) is 1.83. The molecule has 28 heavy (non-hydrogen) atoms. The van der Waals surface area contributed by atoms with Gasteiger partial charge < -0.3 is 10.1 Å². The fourth-order valence-corrected chi connectivity index (χ4v) is 3.73. The van der Waals surface area contributed by atoms with Gasteiger partial charge in [0.05, 0.1) is 23.5 Å². The van der Waals surface area contributed by atoms with Crippen LogP contribution in [-0.4, -0.2) is 40.3 Å². The highest BCUT2D eigenvalue weighted by atomic mass is 35.5. The van der Waals surface area contributed by atoms with Gasteiger partial charge in [-0.25, -0.2) is 8.42 Å². The van der Waals surface area contributed by atoms with Crippen molar-refractivity contribution in [3.05, 3.63) is 57.0 Å². The first-order valence-corrected chi connectivity index (χ1v) is 11.1. The number of sulfonamides is 1. The zero-order valence-corrected chi connectivity index (χ0v) is 18.3. The van der Waals surface area contributed by atoms with Crippen LogP contribution in [0.5, 0.6) is 5.75 Å². The lowest BCUT2D eigenvalue weighted by Crippen LogP contribution is -2.41. The van der Waals surface area contributed by atoms with Gasteiger partial charge in [-0.3, -0.25) is 9.10 Å². The molecular weight excluding hydrogens is 447 g/mol. The predicted molar refractivity (Wildman–Crippen MR) is 113 cm³/mol. The molecule has 0 heterocycles. The topological polar surface area (TPSA) is 75.7 Å². The van der Waals surface area contributed by atoms with Crippen molar-refractivity contribution in [2.75, 3.05) is 30.3 Å². The Labute approximate surface area is 179 Å². The van der Waals surface area contributed by atoms with E-state index in [1.165, 1.54) is 18.2 Å². The van der Waals surface area contributed by atoms with Crippen molar-refractivity contribution in [2.45, 2.75) is 6.92 Å². The number of hydrogen-bond acceptors (Lipinski definition) is 4. The van der Waals surface area contributed by atoms with E-state index in [0.717, 1.165) is 16.1 Å². The number of amides is 1. The molecule has 0 saturated heterocycles. The quantitative estimate of drug-likeness (QED) is 0.600. The van der Waals surface area contributed by atoms with Crippen molar-refractivity contribution in [3.8, 4) is 5.75 Å². The summed E-state index contributed by atoms with van der Waals surface area (Å²) >= 11 is 18.0. The van der Waals surface area contributed by atoms with Crippen LogP contribution in [0.2, 0.25) is 15.1 Å². The summed E-state index contributed by atoms with van der Waals surface area (Å²) in [4.78, 5) is 12.2. The van der Waals surface area contributed by atoms with Crippen LogP contribution < -0.4 is 14.4 Å². The van der Waals surface area contributed by atoms with E-state index in [1.54, 1.807) is 12.1 Å². The molecule has 0 spiro atoms. The molecular formula is C18H19Cl3N2O4S. The van der Waals surface area contributed by atoms with Crippen molar-refractivity contribution in [3.63, 3.8) is 0 Å². The molecule has 2 aromatic rings. The van der Waals surface area contributed by atoms with Gasteiger partial charge in [0.15, 0.2) is 0 Å². The maximum Gasteiger partial charge on any atom is 0.240 e. The second kappa shape index (κ2) is 9.69. The van der Waals surface area contributed by atoms with Crippen LogP contribution in [0.1, 0.15) is 5.56 Å². The number of nitrogens with zero attached hydrogens (tertiary/aromatic N) is 1. The minimum absolute atomic E-state index is 0.136. The zero-order chi connectivity index (χ0) is 20.9. The van der Waals surface area contributed by atoms with Gasteiger partial charge in [0.1, 0.15) is 18.9 Å². The van der Waals surface area contributed by atoms with Crippen LogP contribution in [0.4, 0.5) is 5.69 Å². The predicted octanol–water partition coefficient (Wildman–Crippen LogP) is 3.92. The highest BCUT2D eigenvalue weighted by Crippen LogP contribution is 2.30. The molecule has 1 amide bonds. The van der Waals surface area contributed by atoms with Gasteiger partial charge in [-0.2, -0.15) is 0 Å². The molecule has 0 fully saturated rings. The van der Waals surface area contributed by atoms with Gasteiger partial charge in [-0.15, -0.1) is 0 Å². The summed E-state index contributed by atoms with van der Waals surface area (Å²) in [7, 11) is -3.75. The maximum absolute atomic E-state index is 12.2. The van der Waals surface area contributed by atoms with Crippen LogP contribution in [0, 0.1) is 6.92 Å². The van der Waals surface area contributed by atoms with Gasteiger partial charge in [0.25, 0.3) is 0 Å². The molecule has 2 rings (SSSR count). The molecule has 0 saturated carbocycles. The molecule has 1 N–H and O–H groups in total. The first kappa shape index (κ1) is 22.6. The summed E-state index contributed by atoms with van der Waals surface area (Å²) in [6, 6.07) is 9.68. The third-order valence-electron chi connectivity index (χ3n) is 3.70. The third kappa shape index (κ3) is 6.44. The largest absolute Gasteiger partial charge is 0.492 e. The molecule has 0 atom stereocenters. The lowest BCUT2D eigenvalue weighted by Gasteiger charge is -2.23. The van der Waals surface area contributed by atoms with Gasteiger partial charge in [0, 0.05) is 10.0 Å². The van der Waals surface area contributed by atoms with Crippen LogP contribution in [-0.2, 0) is 14.8 Å². The number of anilines is 1. The van der Waals surface area contributed by atoms with Crippen molar-refractivity contribution < 1.29 is 17.9 Å². The van der Waals surface area contributed by atoms with E-state index in [0.29, 0.717) is 15.8 Å². The van der Waals surface area contributed by atoms with E-state index >= 15 is 0 Å². The van der Waals surface area contributed by atoms with Crippen LogP contribution in [0.15, 0.2) is 36.4 Å². The zero-order valence-electron chi connectivity index (χ0n) is 15.2. The number of ether oxygens (including phenoxy) is 1. The van der Waals surface area contributed by atoms with E-state index < -0.39 is 22.5 Å². The van der Waals surface area contributed by atoms with E-state index in [-0.39, 0.29) is 23.9 Å². The summed E-state index contributed by atoms with van der Waals surface area (Å²) in [5.41, 5.74) is 1.07. The van der Waals surface area contributed by atoms with Crippen molar-refractivity contribution >= 4 is 56.4 Å². The third-order valence-corrected chi connectivity index (χ3v) is 5.79. The Bertz CT molecular complexity index is 967. The molecule has 0 unspecified atom stereocenters. The fourth-order valence-electron chi connectivity index (χ4n) is 2.27. The monoisotopic (exact) mass is 464 g/mol. The van der Waals surface area contributed by atoms with Crippen molar-refractivity contribution in [1.82, 2.24) is 5.32 Å². The summed E-state index contributed by atoms with van der Waals surface area (Å²) < 4.78 is 30.6. The highest BCUT2D eigenvalue weighted by Gasteiger charge is 2.23. The van der Waals surface area contributed by atoms with E-state index in [1.807, 2.05) is 13.0 Å². The average molecular weight is 466 g/mol. The molecule has 0 aliphatic heterocycles. The van der Waals surface area contributed by atoms with Crippen molar-refractivity contribution in [2.24, 2.45) is 0 Å². The van der Waals surface area contributed by atoms with E-state index in [2.05, 4.69) is 5.32 Å². The number of hydrogen-bond donors (Lipinski definition) is 1. The normalized spacial score (nSPS) is 11.2. The maximum atomic E-state index is 12.2. The molecule has 0 bridgehead atoms. The smallest absolute Gasteiger partial charge is 0.240 e. The summed E-state index contributed by atoms with van der Waals surface area (Å²) in [5.74, 6) is 0.0697. The molecule has 2 aromatic carbocycles. The minimum Gasteiger partial charge on any atom is -0.492 e. The van der Waals surface area contributed by atoms with Gasteiger partial charge in [-0.1, -0.05) is 40.9 Å². The van der Waals surface area contributed by atoms with Crippen LogP contribution in [0.25, 0.3) is 0 Å². The molecule has 0 radical (unpaired) electrons. The Morgan fingerprint density at radius 2 is 1.82 bits per heavy atom. The second-order valence-electron chi connectivity index (χ2n) is 5.97. The molecule has 6 nitrogen and oxygen atoms in total. The SMILES string of the molecule is Cc1ccc(OCCNC(=O)CN(c2cc(Cl)ccc2Cl)S(C)(=O)=O)cc1Cl. The van der Waals surface area contributed by atoms with E-state index in [9.17, 15) is 13.2 Å². The van der Waals surface area contributed by atoms with Crippen LogP contribution >= 0.6 is 34.8 Å². The Morgan fingerprint density at radius 3 is 2.46 bits per heavy atom. The standard InChI is InChI=1S/C18H19Cl3N2O4S/c1-12-3-5-14(10-16(12)21)27-8-7-22-18(24)11-23(28(2,25)26)17-9-13(19)4-6-15(17)20/h3-6,9-10H,7-8,11H2,1-2H3,(H,22,24). The number of aryl methyl sites for hydroxylation is 1. The molecule has 10 heteroatoms. The van der Waals surface area contributed by atoms with Gasteiger partial charge in [-0.05, 0) is 42.8 Å². The Balaban J connectivity index is 1.95. The lowest BCUT2D eigenvalue weighted by molar-refractivity contribution is -0.119. The fraction of sp³-hybridized carbons (Fsp3) is 0.278. The number of rotatable bonds is 8. The number of nitrogens with one attached hydrogen (secondary N) is 1. The van der Waals surface area contributed by atoms with Gasteiger partial charge >= 0.3 is 0 Å². The number of carbonyl (C=O) groups is 1. The molecule has 0 aliphatic rings. The first-order chi connectivity index (χ1) is 13.1. The number of halogens is 3. The average Bonchev–Trinajstić information content (AvgIpc) is 2.61. The van der Waals surface area contributed by atoms with E-state index in [4.69, 9.17) is 39.5 Å². The first-order valence-electron chi connectivity index (χ1n) is 8.16. The molecule has 152 valence electrons. The molecule has 0 aliphatic carbocycles. The number of benzene rings is 2. The summed E-state index contributed by atoms with van der Waals surface area (Å²) in [5, 5.41) is 3.67. The molecule has 0 aromatic heterocycles. The highest BCUT2D eigenvalue weighted by molar-refractivity contribution is 7.92. The second-order valence-corrected chi connectivity index (χ2v) is 9.13. The van der Waals surface area contributed by atoms with Gasteiger partial charge in [0.2, 0.25) is 15.9 Å². The van der Waals surface area contributed by atoms with Crippen LogP contribution in [0.3, 0.4) is 0 Å².